The summed E-state index contributed by atoms with van der Waals surface area (Å²) in [5.41, 5.74) is 0. The predicted octanol–water partition coefficient (Wildman–Crippen LogP) is -0.444. The smallest absolute Gasteiger partial charge is 0.0791 e. The number of β-amino-alcohol motifs (C(OH)–C–C–N with tert-alkyl or cyclic N) is 1. The molecule has 1 atom stereocenters. The van der Waals surface area contributed by atoms with E-state index in [4.69, 9.17) is 5.26 Å². The maximum atomic E-state index is 9.45. The highest BCUT2D eigenvalue weighted by Crippen LogP contribution is 1.99. The molecule has 13 heavy (non-hydrogen) atoms. The fourth-order valence-electron chi connectivity index (χ4n) is 1.54. The largest absolute Gasteiger partial charge is 0.390 e. The van der Waals surface area contributed by atoms with Gasteiger partial charge < -0.3 is 10.4 Å². The highest BCUT2D eigenvalue weighted by atomic mass is 16.3. The van der Waals surface area contributed by atoms with Crippen LogP contribution in [0.2, 0.25) is 0 Å². The molecule has 1 unspecified atom stereocenters. The van der Waals surface area contributed by atoms with E-state index >= 15 is 0 Å². The Labute approximate surface area is 79.1 Å². The molecule has 1 rings (SSSR count). The van der Waals surface area contributed by atoms with Crippen LogP contribution in [-0.4, -0.2) is 48.8 Å². The zero-order valence-corrected chi connectivity index (χ0v) is 7.87. The molecule has 0 radical (unpaired) electrons. The number of hydrogen-bond acceptors (Lipinski definition) is 4. The Morgan fingerprint density at radius 3 is 3.23 bits per heavy atom. The van der Waals surface area contributed by atoms with Gasteiger partial charge in [0, 0.05) is 32.6 Å². The Kier molecular flexibility index (Phi) is 4.76. The van der Waals surface area contributed by atoms with E-state index in [1.54, 1.807) is 0 Å². The van der Waals surface area contributed by atoms with Crippen LogP contribution in [0, 0.1) is 11.3 Å². The van der Waals surface area contributed by atoms with Gasteiger partial charge in [0.15, 0.2) is 0 Å². The summed E-state index contributed by atoms with van der Waals surface area (Å²) in [5, 5.41) is 21.0. The molecule has 4 nitrogen and oxygen atoms in total. The Morgan fingerprint density at radius 1 is 1.62 bits per heavy atom. The third-order valence-electron chi connectivity index (χ3n) is 2.22. The number of nitrogens with one attached hydrogen (secondary N) is 1. The molecule has 1 heterocycles. The number of nitriles is 1. The molecule has 1 aliphatic rings. The minimum absolute atomic E-state index is 0.260. The second-order valence-electron chi connectivity index (χ2n) is 3.42. The number of nitrogens with zero attached hydrogens (tertiary/aromatic N) is 2. The highest BCUT2D eigenvalue weighted by molar-refractivity contribution is 4.75. The summed E-state index contributed by atoms with van der Waals surface area (Å²) in [5.74, 6) is 0. The normalized spacial score (nSPS) is 25.1. The molecule has 0 aromatic heterocycles. The van der Waals surface area contributed by atoms with E-state index in [1.807, 2.05) is 0 Å². The first-order valence-electron chi connectivity index (χ1n) is 4.81. The minimum atomic E-state index is -0.260. The van der Waals surface area contributed by atoms with Crippen molar-refractivity contribution in [1.29, 1.82) is 5.26 Å². The van der Waals surface area contributed by atoms with Gasteiger partial charge in [-0.25, -0.2) is 0 Å². The van der Waals surface area contributed by atoms with E-state index in [2.05, 4.69) is 16.3 Å². The topological polar surface area (TPSA) is 59.3 Å². The van der Waals surface area contributed by atoms with Gasteiger partial charge in [0.05, 0.1) is 12.2 Å². The summed E-state index contributed by atoms with van der Waals surface area (Å²) in [7, 11) is 0. The van der Waals surface area contributed by atoms with E-state index in [1.165, 1.54) is 0 Å². The molecule has 0 aliphatic carbocycles. The van der Waals surface area contributed by atoms with Crippen molar-refractivity contribution in [2.24, 2.45) is 0 Å². The van der Waals surface area contributed by atoms with Crippen LogP contribution in [0.5, 0.6) is 0 Å². The summed E-state index contributed by atoms with van der Waals surface area (Å²) in [6, 6.07) is 2.13. The Bertz CT molecular complexity index is 178. The Morgan fingerprint density at radius 2 is 2.46 bits per heavy atom. The molecule has 0 amide bonds. The highest BCUT2D eigenvalue weighted by Gasteiger charge is 2.14. The average Bonchev–Trinajstić information content (AvgIpc) is 2.31. The number of aliphatic hydroxyl groups excluding tert-OH is 1. The van der Waals surface area contributed by atoms with Gasteiger partial charge in [-0.05, 0) is 13.0 Å². The van der Waals surface area contributed by atoms with E-state index in [9.17, 15) is 5.11 Å². The molecule has 1 fully saturated rings. The van der Waals surface area contributed by atoms with Gasteiger partial charge in [-0.15, -0.1) is 0 Å². The van der Waals surface area contributed by atoms with Crippen molar-refractivity contribution in [3.05, 3.63) is 0 Å². The summed E-state index contributed by atoms with van der Waals surface area (Å²) < 4.78 is 0. The molecule has 2 N–H and O–H groups in total. The van der Waals surface area contributed by atoms with Crippen LogP contribution >= 0.6 is 0 Å². The van der Waals surface area contributed by atoms with Gasteiger partial charge in [0.2, 0.25) is 0 Å². The van der Waals surface area contributed by atoms with Crippen LogP contribution in [-0.2, 0) is 0 Å². The molecule has 0 saturated carbocycles. The molecule has 1 saturated heterocycles. The Balaban J connectivity index is 2.19. The van der Waals surface area contributed by atoms with E-state index in [-0.39, 0.29) is 6.10 Å². The van der Waals surface area contributed by atoms with Gasteiger partial charge in [0.1, 0.15) is 0 Å². The van der Waals surface area contributed by atoms with Crippen molar-refractivity contribution < 1.29 is 5.11 Å². The lowest BCUT2D eigenvalue weighted by atomic mass is 10.3. The lowest BCUT2D eigenvalue weighted by molar-refractivity contribution is 0.130. The van der Waals surface area contributed by atoms with Crippen LogP contribution in [0.4, 0.5) is 0 Å². The number of rotatable bonds is 3. The van der Waals surface area contributed by atoms with Crippen molar-refractivity contribution in [2.45, 2.75) is 18.9 Å². The van der Waals surface area contributed by atoms with Gasteiger partial charge in [-0.1, -0.05) is 0 Å². The zero-order valence-electron chi connectivity index (χ0n) is 7.87. The van der Waals surface area contributed by atoms with Gasteiger partial charge in [-0.3, -0.25) is 4.90 Å². The van der Waals surface area contributed by atoms with Crippen molar-refractivity contribution >= 4 is 0 Å². The van der Waals surface area contributed by atoms with E-state index < -0.39 is 0 Å². The summed E-state index contributed by atoms with van der Waals surface area (Å²) in [4.78, 5) is 2.21. The fraction of sp³-hybridized carbons (Fsp3) is 0.889. The second kappa shape index (κ2) is 5.92. The van der Waals surface area contributed by atoms with Crippen molar-refractivity contribution in [3.8, 4) is 6.07 Å². The minimum Gasteiger partial charge on any atom is -0.390 e. The molecule has 0 aromatic carbocycles. The quantitative estimate of drug-likeness (QED) is 0.582. The lowest BCUT2D eigenvalue weighted by Gasteiger charge is -2.20. The number of hydrogen-bond donors (Lipinski definition) is 2. The van der Waals surface area contributed by atoms with Gasteiger partial charge >= 0.3 is 0 Å². The first-order chi connectivity index (χ1) is 6.33. The van der Waals surface area contributed by atoms with Crippen LogP contribution in [0.1, 0.15) is 12.8 Å². The third kappa shape index (κ3) is 4.23. The molecule has 74 valence electrons. The summed E-state index contributed by atoms with van der Waals surface area (Å²) in [6.07, 6.45) is 1.26. The summed E-state index contributed by atoms with van der Waals surface area (Å²) >= 11 is 0. The van der Waals surface area contributed by atoms with Crippen LogP contribution in [0.25, 0.3) is 0 Å². The van der Waals surface area contributed by atoms with E-state index in [0.717, 1.165) is 32.6 Å². The Hall–Kier alpha value is -0.630. The maximum absolute atomic E-state index is 9.45. The van der Waals surface area contributed by atoms with Gasteiger partial charge in [0.25, 0.3) is 0 Å². The van der Waals surface area contributed by atoms with Crippen LogP contribution in [0.15, 0.2) is 0 Å². The van der Waals surface area contributed by atoms with Crippen molar-refractivity contribution in [3.63, 3.8) is 0 Å². The molecule has 4 heteroatoms. The standard InChI is InChI=1S/C9H17N3O/c10-3-1-2-5-12-6-4-11-7-9(13)8-12/h9,11,13H,1-2,4-8H2. The van der Waals surface area contributed by atoms with Crippen LogP contribution < -0.4 is 5.32 Å². The van der Waals surface area contributed by atoms with E-state index in [0.29, 0.717) is 13.0 Å². The van der Waals surface area contributed by atoms with Crippen molar-refractivity contribution in [1.82, 2.24) is 10.2 Å². The maximum Gasteiger partial charge on any atom is 0.0791 e. The molecule has 0 spiro atoms. The number of unbranched alkanes of at least 4 members (excludes halogenated alkanes) is 1. The van der Waals surface area contributed by atoms with Gasteiger partial charge in [-0.2, -0.15) is 5.26 Å². The zero-order chi connectivity index (χ0) is 9.52. The molecule has 0 bridgehead atoms. The summed E-state index contributed by atoms with van der Waals surface area (Å²) in [6.45, 7) is 4.26. The van der Waals surface area contributed by atoms with Crippen LogP contribution in [0.3, 0.4) is 0 Å². The molecular formula is C9H17N3O. The lowest BCUT2D eigenvalue weighted by Crippen LogP contribution is -2.33. The SMILES string of the molecule is N#CCCCN1CCNCC(O)C1. The molecule has 1 aliphatic heterocycles. The monoisotopic (exact) mass is 183 g/mol. The molecular weight excluding hydrogens is 166 g/mol. The fourth-order valence-corrected chi connectivity index (χ4v) is 1.54. The third-order valence-corrected chi connectivity index (χ3v) is 2.22. The first-order valence-corrected chi connectivity index (χ1v) is 4.81. The number of aliphatic hydroxyl groups is 1. The van der Waals surface area contributed by atoms with Crippen molar-refractivity contribution in [2.75, 3.05) is 32.7 Å². The molecule has 0 aromatic rings. The second-order valence-corrected chi connectivity index (χ2v) is 3.42. The first kappa shape index (κ1) is 10.5. The predicted molar refractivity (Wildman–Crippen MR) is 50.2 cm³/mol. The average molecular weight is 183 g/mol.